The molecule has 2 unspecified atom stereocenters. The molecule has 0 amide bonds. The molecular weight excluding hydrogens is 194 g/mol. The maximum atomic E-state index is 5.95. The predicted octanol–water partition coefficient (Wildman–Crippen LogP) is 2.63. The molecule has 0 aliphatic carbocycles. The molecule has 1 aliphatic heterocycles. The van der Waals surface area contributed by atoms with Gasteiger partial charge in [-0.2, -0.15) is 0 Å². The topological polar surface area (TPSA) is 35.2 Å². The summed E-state index contributed by atoms with van der Waals surface area (Å²) in [7, 11) is 0. The molecule has 0 saturated carbocycles. The number of hydrogen-bond donors (Lipinski definition) is 1. The lowest BCUT2D eigenvalue weighted by Gasteiger charge is -2.12. The van der Waals surface area contributed by atoms with Gasteiger partial charge in [0.15, 0.2) is 0 Å². The molecule has 2 N–H and O–H groups in total. The summed E-state index contributed by atoms with van der Waals surface area (Å²) in [6.45, 7) is 2.90. The lowest BCUT2D eigenvalue weighted by atomic mass is 10.1. The molecule has 0 bridgehead atoms. The van der Waals surface area contributed by atoms with Crippen molar-refractivity contribution in [3.05, 3.63) is 21.9 Å². The van der Waals surface area contributed by atoms with E-state index in [4.69, 9.17) is 10.5 Å². The molecule has 2 rings (SSSR count). The molecule has 14 heavy (non-hydrogen) atoms. The van der Waals surface area contributed by atoms with Crippen LogP contribution in [0.3, 0.4) is 0 Å². The molecule has 1 fully saturated rings. The Morgan fingerprint density at radius 3 is 3.07 bits per heavy atom. The maximum absolute atomic E-state index is 5.95. The second kappa shape index (κ2) is 4.43. The van der Waals surface area contributed by atoms with Gasteiger partial charge in [0.1, 0.15) is 0 Å². The minimum Gasteiger partial charge on any atom is -0.370 e. The van der Waals surface area contributed by atoms with Gasteiger partial charge in [-0.15, -0.1) is 11.3 Å². The Bertz CT molecular complexity index is 297. The van der Waals surface area contributed by atoms with Crippen LogP contribution in [0, 0.1) is 6.92 Å². The third-order valence-electron chi connectivity index (χ3n) is 2.84. The van der Waals surface area contributed by atoms with Crippen LogP contribution in [0.5, 0.6) is 0 Å². The summed E-state index contributed by atoms with van der Waals surface area (Å²) >= 11 is 1.80. The number of rotatable bonds is 3. The van der Waals surface area contributed by atoms with Crippen molar-refractivity contribution in [3.8, 4) is 0 Å². The van der Waals surface area contributed by atoms with Crippen LogP contribution < -0.4 is 5.73 Å². The summed E-state index contributed by atoms with van der Waals surface area (Å²) in [5, 5.41) is 2.14. The number of nitrogens with two attached hydrogens (primary N) is 1. The van der Waals surface area contributed by atoms with E-state index in [1.165, 1.54) is 10.4 Å². The van der Waals surface area contributed by atoms with Gasteiger partial charge in [0.25, 0.3) is 0 Å². The molecule has 2 atom stereocenters. The van der Waals surface area contributed by atoms with Crippen LogP contribution in [-0.2, 0) is 4.74 Å². The quantitative estimate of drug-likeness (QED) is 0.834. The SMILES string of the molecule is Cc1sccc1C1CCC(CCN)O1. The van der Waals surface area contributed by atoms with Crippen LogP contribution >= 0.6 is 11.3 Å². The van der Waals surface area contributed by atoms with Gasteiger partial charge >= 0.3 is 0 Å². The predicted molar refractivity (Wildman–Crippen MR) is 59.6 cm³/mol. The van der Waals surface area contributed by atoms with Gasteiger partial charge in [-0.1, -0.05) is 0 Å². The van der Waals surface area contributed by atoms with Gasteiger partial charge in [0, 0.05) is 4.88 Å². The molecule has 0 radical (unpaired) electrons. The first kappa shape index (κ1) is 10.1. The fourth-order valence-electron chi connectivity index (χ4n) is 2.06. The highest BCUT2D eigenvalue weighted by Gasteiger charge is 2.26. The third-order valence-corrected chi connectivity index (χ3v) is 3.70. The molecule has 0 spiro atoms. The summed E-state index contributed by atoms with van der Waals surface area (Å²) in [6, 6.07) is 2.19. The number of thiophene rings is 1. The largest absolute Gasteiger partial charge is 0.370 e. The van der Waals surface area contributed by atoms with E-state index >= 15 is 0 Å². The first-order valence-corrected chi connectivity index (χ1v) is 6.08. The molecule has 1 aromatic rings. The van der Waals surface area contributed by atoms with Crippen LogP contribution in [-0.4, -0.2) is 12.6 Å². The fraction of sp³-hybridized carbons (Fsp3) is 0.636. The average Bonchev–Trinajstić information content (AvgIpc) is 2.74. The average molecular weight is 211 g/mol. The molecule has 0 aromatic carbocycles. The van der Waals surface area contributed by atoms with Crippen LogP contribution in [0.25, 0.3) is 0 Å². The Morgan fingerprint density at radius 1 is 1.57 bits per heavy atom. The third kappa shape index (κ3) is 2.00. The van der Waals surface area contributed by atoms with Gasteiger partial charge < -0.3 is 10.5 Å². The van der Waals surface area contributed by atoms with Gasteiger partial charge in [-0.3, -0.25) is 0 Å². The monoisotopic (exact) mass is 211 g/mol. The Hall–Kier alpha value is -0.380. The fourth-order valence-corrected chi connectivity index (χ4v) is 2.82. The maximum Gasteiger partial charge on any atom is 0.0840 e. The van der Waals surface area contributed by atoms with Crippen molar-refractivity contribution in [1.29, 1.82) is 0 Å². The molecule has 3 heteroatoms. The zero-order chi connectivity index (χ0) is 9.97. The molecule has 2 heterocycles. The lowest BCUT2D eigenvalue weighted by Crippen LogP contribution is -2.12. The van der Waals surface area contributed by atoms with E-state index in [0.717, 1.165) is 25.8 Å². The summed E-state index contributed by atoms with van der Waals surface area (Å²) in [6.07, 6.45) is 4.04. The standard InChI is InChI=1S/C11H17NOS/c1-8-10(5-7-14-8)11-3-2-9(13-11)4-6-12/h5,7,9,11H,2-4,6,12H2,1H3. The van der Waals surface area contributed by atoms with Crippen molar-refractivity contribution < 1.29 is 4.74 Å². The van der Waals surface area contributed by atoms with Crippen molar-refractivity contribution >= 4 is 11.3 Å². The van der Waals surface area contributed by atoms with Crippen LogP contribution in [0.15, 0.2) is 11.4 Å². The minimum absolute atomic E-state index is 0.331. The van der Waals surface area contributed by atoms with E-state index in [1.807, 2.05) is 0 Å². The van der Waals surface area contributed by atoms with E-state index in [-0.39, 0.29) is 0 Å². The van der Waals surface area contributed by atoms with E-state index in [1.54, 1.807) is 11.3 Å². The van der Waals surface area contributed by atoms with Crippen molar-refractivity contribution in [1.82, 2.24) is 0 Å². The first-order chi connectivity index (χ1) is 6.81. The molecular formula is C11H17NOS. The lowest BCUT2D eigenvalue weighted by molar-refractivity contribution is 0.0414. The first-order valence-electron chi connectivity index (χ1n) is 5.20. The molecule has 78 valence electrons. The summed E-state index contributed by atoms with van der Waals surface area (Å²) in [5.74, 6) is 0. The zero-order valence-corrected chi connectivity index (χ0v) is 9.35. The highest BCUT2D eigenvalue weighted by Crippen LogP contribution is 2.36. The highest BCUT2D eigenvalue weighted by atomic mass is 32.1. The van der Waals surface area contributed by atoms with Crippen molar-refractivity contribution in [2.24, 2.45) is 5.73 Å². The molecule has 1 saturated heterocycles. The smallest absolute Gasteiger partial charge is 0.0840 e. The normalized spacial score (nSPS) is 27.0. The second-order valence-corrected chi connectivity index (χ2v) is 4.95. The van der Waals surface area contributed by atoms with E-state index in [2.05, 4.69) is 18.4 Å². The number of hydrogen-bond acceptors (Lipinski definition) is 3. The number of ether oxygens (including phenoxy) is 1. The Balaban J connectivity index is 1.99. The van der Waals surface area contributed by atoms with Crippen LogP contribution in [0.1, 0.15) is 35.8 Å². The van der Waals surface area contributed by atoms with Gasteiger partial charge in [0.2, 0.25) is 0 Å². The van der Waals surface area contributed by atoms with Gasteiger partial charge in [-0.25, -0.2) is 0 Å². The van der Waals surface area contributed by atoms with E-state index in [9.17, 15) is 0 Å². The summed E-state index contributed by atoms with van der Waals surface area (Å²) in [5.41, 5.74) is 6.91. The highest BCUT2D eigenvalue weighted by molar-refractivity contribution is 7.10. The van der Waals surface area contributed by atoms with Crippen molar-refractivity contribution in [2.45, 2.75) is 38.4 Å². The van der Waals surface area contributed by atoms with E-state index in [0.29, 0.717) is 12.2 Å². The Morgan fingerprint density at radius 2 is 2.43 bits per heavy atom. The number of aryl methyl sites for hydroxylation is 1. The van der Waals surface area contributed by atoms with Gasteiger partial charge in [-0.05, 0) is 49.7 Å². The minimum atomic E-state index is 0.331. The molecule has 1 aromatic heterocycles. The van der Waals surface area contributed by atoms with Gasteiger partial charge in [0.05, 0.1) is 12.2 Å². The van der Waals surface area contributed by atoms with Crippen LogP contribution in [0.2, 0.25) is 0 Å². The van der Waals surface area contributed by atoms with Crippen LogP contribution in [0.4, 0.5) is 0 Å². The summed E-state index contributed by atoms with van der Waals surface area (Å²) in [4.78, 5) is 1.39. The summed E-state index contributed by atoms with van der Waals surface area (Å²) < 4.78 is 5.95. The van der Waals surface area contributed by atoms with E-state index < -0.39 is 0 Å². The Labute approximate surface area is 89.1 Å². The molecule has 1 aliphatic rings. The van der Waals surface area contributed by atoms with Crippen molar-refractivity contribution in [2.75, 3.05) is 6.54 Å². The molecule has 2 nitrogen and oxygen atoms in total. The zero-order valence-electron chi connectivity index (χ0n) is 8.53. The Kier molecular flexibility index (Phi) is 3.21. The van der Waals surface area contributed by atoms with Crippen molar-refractivity contribution in [3.63, 3.8) is 0 Å². The second-order valence-electron chi connectivity index (χ2n) is 3.83.